The van der Waals surface area contributed by atoms with E-state index in [0.29, 0.717) is 45.3 Å². The highest BCUT2D eigenvalue weighted by Gasteiger charge is 2.35. The summed E-state index contributed by atoms with van der Waals surface area (Å²) in [5.74, 6) is -0.714. The van der Waals surface area contributed by atoms with Gasteiger partial charge in [0.1, 0.15) is 0 Å². The van der Waals surface area contributed by atoms with Gasteiger partial charge in [0.15, 0.2) is 0 Å². The maximum atomic E-state index is 11.4. The minimum atomic E-state index is -0.799. The molecule has 1 amide bonds. The number of rotatable bonds is 7. The minimum Gasteiger partial charge on any atom is -0.481 e. The largest absolute Gasteiger partial charge is 0.481 e. The summed E-state index contributed by atoms with van der Waals surface area (Å²) in [6.07, 6.45) is 4.11. The Labute approximate surface area is 118 Å². The van der Waals surface area contributed by atoms with Crippen molar-refractivity contribution in [2.24, 2.45) is 11.8 Å². The Hall–Kier alpha value is -1.14. The second-order valence-corrected chi connectivity index (χ2v) is 6.08. The highest BCUT2D eigenvalue weighted by molar-refractivity contribution is 5.80. The Morgan fingerprint density at radius 1 is 1.05 bits per heavy atom. The lowest BCUT2D eigenvalue weighted by atomic mass is 9.79. The molecule has 0 heterocycles. The van der Waals surface area contributed by atoms with E-state index in [1.807, 2.05) is 0 Å². The number of aliphatic hydroxyl groups is 1. The maximum absolute atomic E-state index is 11.4. The SMILES string of the molecule is O=C(O)C1CCC(O)(CNCCNC(=O)C2CC2)CC1. The molecule has 2 aliphatic carbocycles. The number of carboxylic acids is 1. The summed E-state index contributed by atoms with van der Waals surface area (Å²) in [6, 6.07) is 0. The molecule has 0 unspecified atom stereocenters. The third-order valence-corrected chi connectivity index (χ3v) is 4.27. The molecular weight excluding hydrogens is 260 g/mol. The molecule has 114 valence electrons. The molecule has 0 saturated heterocycles. The van der Waals surface area contributed by atoms with Crippen LogP contribution in [0.2, 0.25) is 0 Å². The highest BCUT2D eigenvalue weighted by Crippen LogP contribution is 2.31. The lowest BCUT2D eigenvalue weighted by Gasteiger charge is -2.34. The van der Waals surface area contributed by atoms with E-state index in [1.54, 1.807) is 0 Å². The summed E-state index contributed by atoms with van der Waals surface area (Å²) in [6.45, 7) is 1.66. The van der Waals surface area contributed by atoms with E-state index in [9.17, 15) is 14.7 Å². The molecule has 0 bridgehead atoms. The monoisotopic (exact) mass is 284 g/mol. The smallest absolute Gasteiger partial charge is 0.306 e. The van der Waals surface area contributed by atoms with Crippen LogP contribution in [0, 0.1) is 11.8 Å². The summed E-state index contributed by atoms with van der Waals surface area (Å²) in [7, 11) is 0. The first-order valence-corrected chi connectivity index (χ1v) is 7.44. The number of carbonyl (C=O) groups is 2. The van der Waals surface area contributed by atoms with E-state index in [2.05, 4.69) is 10.6 Å². The van der Waals surface area contributed by atoms with Crippen molar-refractivity contribution in [2.45, 2.75) is 44.1 Å². The number of hydrogen-bond donors (Lipinski definition) is 4. The van der Waals surface area contributed by atoms with Gasteiger partial charge in [0.05, 0.1) is 11.5 Å². The number of amides is 1. The molecule has 2 aliphatic rings. The minimum absolute atomic E-state index is 0.132. The standard InChI is InChI=1S/C14H24N2O4/c17-12(10-1-2-10)16-8-7-15-9-14(20)5-3-11(4-6-14)13(18)19/h10-11,15,20H,1-9H2,(H,16,17)(H,18,19). The molecule has 0 aromatic carbocycles. The van der Waals surface area contributed by atoms with Gasteiger partial charge in [0.25, 0.3) is 0 Å². The van der Waals surface area contributed by atoms with Crippen molar-refractivity contribution < 1.29 is 19.8 Å². The predicted octanol–water partition coefficient (Wildman–Crippen LogP) is 0.108. The van der Waals surface area contributed by atoms with Crippen molar-refractivity contribution in [1.29, 1.82) is 0 Å². The Balaban J connectivity index is 1.56. The van der Waals surface area contributed by atoms with E-state index in [0.717, 1.165) is 12.8 Å². The van der Waals surface area contributed by atoms with Crippen molar-refractivity contribution in [1.82, 2.24) is 10.6 Å². The summed E-state index contributed by atoms with van der Waals surface area (Å²) >= 11 is 0. The lowest BCUT2D eigenvalue weighted by Crippen LogP contribution is -2.46. The van der Waals surface area contributed by atoms with Crippen LogP contribution in [0.15, 0.2) is 0 Å². The van der Waals surface area contributed by atoms with Crippen LogP contribution in [0.5, 0.6) is 0 Å². The fourth-order valence-electron chi connectivity index (χ4n) is 2.66. The highest BCUT2D eigenvalue weighted by atomic mass is 16.4. The van der Waals surface area contributed by atoms with Gasteiger partial charge in [0.2, 0.25) is 5.91 Å². The molecular formula is C14H24N2O4. The van der Waals surface area contributed by atoms with E-state index in [-0.39, 0.29) is 17.7 Å². The molecule has 2 saturated carbocycles. The second-order valence-electron chi connectivity index (χ2n) is 6.08. The quantitative estimate of drug-likeness (QED) is 0.497. The summed E-state index contributed by atoms with van der Waals surface area (Å²) in [5.41, 5.74) is -0.799. The molecule has 0 spiro atoms. The summed E-state index contributed by atoms with van der Waals surface area (Å²) in [5, 5.41) is 25.3. The molecule has 6 nitrogen and oxygen atoms in total. The van der Waals surface area contributed by atoms with Crippen LogP contribution in [0.1, 0.15) is 38.5 Å². The number of carbonyl (C=O) groups excluding carboxylic acids is 1. The Morgan fingerprint density at radius 3 is 2.25 bits per heavy atom. The zero-order valence-corrected chi connectivity index (χ0v) is 11.7. The van der Waals surface area contributed by atoms with E-state index in [4.69, 9.17) is 5.11 Å². The fourth-order valence-corrected chi connectivity index (χ4v) is 2.66. The molecule has 6 heteroatoms. The topological polar surface area (TPSA) is 98.7 Å². The fraction of sp³-hybridized carbons (Fsp3) is 0.857. The van der Waals surface area contributed by atoms with Crippen LogP contribution in [0.3, 0.4) is 0 Å². The summed E-state index contributed by atoms with van der Waals surface area (Å²) in [4.78, 5) is 22.2. The molecule has 0 aliphatic heterocycles. The van der Waals surface area contributed by atoms with Gasteiger partial charge in [-0.2, -0.15) is 0 Å². The van der Waals surface area contributed by atoms with E-state index >= 15 is 0 Å². The van der Waals surface area contributed by atoms with Crippen LogP contribution in [-0.2, 0) is 9.59 Å². The molecule has 4 N–H and O–H groups in total. The zero-order chi connectivity index (χ0) is 14.6. The third kappa shape index (κ3) is 4.45. The van der Waals surface area contributed by atoms with Crippen LogP contribution >= 0.6 is 0 Å². The van der Waals surface area contributed by atoms with E-state index < -0.39 is 11.6 Å². The zero-order valence-electron chi connectivity index (χ0n) is 11.7. The molecule has 2 fully saturated rings. The predicted molar refractivity (Wildman–Crippen MR) is 73.1 cm³/mol. The molecule has 0 aromatic rings. The van der Waals surface area contributed by atoms with Crippen LogP contribution < -0.4 is 10.6 Å². The molecule has 0 atom stereocenters. The van der Waals surface area contributed by atoms with Gasteiger partial charge in [-0.05, 0) is 38.5 Å². The van der Waals surface area contributed by atoms with Crippen LogP contribution in [-0.4, -0.2) is 47.3 Å². The van der Waals surface area contributed by atoms with Crippen molar-refractivity contribution in [3.05, 3.63) is 0 Å². The number of aliphatic carboxylic acids is 1. The van der Waals surface area contributed by atoms with Crippen molar-refractivity contribution in [3.63, 3.8) is 0 Å². The average molecular weight is 284 g/mol. The normalized spacial score (nSPS) is 29.9. The third-order valence-electron chi connectivity index (χ3n) is 4.27. The number of nitrogens with one attached hydrogen (secondary N) is 2. The Kier molecular flexibility index (Phi) is 4.99. The van der Waals surface area contributed by atoms with Crippen LogP contribution in [0.25, 0.3) is 0 Å². The van der Waals surface area contributed by atoms with Gasteiger partial charge in [-0.25, -0.2) is 0 Å². The average Bonchev–Trinajstić information content (AvgIpc) is 3.23. The van der Waals surface area contributed by atoms with Gasteiger partial charge in [-0.1, -0.05) is 0 Å². The van der Waals surface area contributed by atoms with Crippen molar-refractivity contribution >= 4 is 11.9 Å². The first-order chi connectivity index (χ1) is 9.50. The van der Waals surface area contributed by atoms with Gasteiger partial charge in [-0.3, -0.25) is 9.59 Å². The van der Waals surface area contributed by atoms with Gasteiger partial charge >= 0.3 is 5.97 Å². The molecule has 2 rings (SSSR count). The number of hydrogen-bond acceptors (Lipinski definition) is 4. The lowest BCUT2D eigenvalue weighted by molar-refractivity contribution is -0.144. The van der Waals surface area contributed by atoms with Crippen LogP contribution in [0.4, 0.5) is 0 Å². The Bertz CT molecular complexity index is 360. The van der Waals surface area contributed by atoms with E-state index in [1.165, 1.54) is 0 Å². The van der Waals surface area contributed by atoms with Crippen molar-refractivity contribution in [2.75, 3.05) is 19.6 Å². The maximum Gasteiger partial charge on any atom is 0.306 e. The van der Waals surface area contributed by atoms with Crippen molar-refractivity contribution in [3.8, 4) is 0 Å². The van der Waals surface area contributed by atoms with Gasteiger partial charge in [-0.15, -0.1) is 0 Å². The number of carboxylic acid groups (broad SMARTS) is 1. The first kappa shape index (κ1) is 15.3. The summed E-state index contributed by atoms with van der Waals surface area (Å²) < 4.78 is 0. The van der Waals surface area contributed by atoms with Gasteiger partial charge < -0.3 is 20.8 Å². The Morgan fingerprint density at radius 2 is 1.70 bits per heavy atom. The molecule has 0 radical (unpaired) electrons. The second kappa shape index (κ2) is 6.54. The molecule has 20 heavy (non-hydrogen) atoms. The molecule has 0 aromatic heterocycles. The van der Waals surface area contributed by atoms with Gasteiger partial charge in [0, 0.05) is 25.6 Å². The first-order valence-electron chi connectivity index (χ1n) is 7.44.